The zero-order chi connectivity index (χ0) is 15.5. The summed E-state index contributed by atoms with van der Waals surface area (Å²) in [6.45, 7) is 0.682. The van der Waals surface area contributed by atoms with Gasteiger partial charge >= 0.3 is 5.97 Å². The second kappa shape index (κ2) is 6.24. The number of carbonyl (C=O) groups is 1. The smallest absolute Gasteiger partial charge is 0.303 e. The number of nitrogens with zero attached hydrogens (tertiary/aromatic N) is 2. The van der Waals surface area contributed by atoms with Crippen molar-refractivity contribution < 1.29 is 18.3 Å². The number of sulfonamides is 1. The number of hydrogen-bond acceptors (Lipinski definition) is 4. The Morgan fingerprint density at radius 2 is 2.14 bits per heavy atom. The number of carboxylic acids is 1. The number of rotatable bonds is 5. The van der Waals surface area contributed by atoms with E-state index < -0.39 is 16.0 Å². The van der Waals surface area contributed by atoms with E-state index in [0.717, 1.165) is 0 Å². The van der Waals surface area contributed by atoms with Gasteiger partial charge in [-0.15, -0.1) is 0 Å². The highest BCUT2D eigenvalue weighted by Crippen LogP contribution is 2.28. The fourth-order valence-electron chi connectivity index (χ4n) is 2.50. The molecule has 1 aromatic rings. The van der Waals surface area contributed by atoms with Crippen molar-refractivity contribution in [3.63, 3.8) is 0 Å². The molecule has 1 unspecified atom stereocenters. The zero-order valence-electron chi connectivity index (χ0n) is 11.4. The first-order valence-electron chi connectivity index (χ1n) is 6.66. The summed E-state index contributed by atoms with van der Waals surface area (Å²) in [6.07, 6.45) is 1.18. The summed E-state index contributed by atoms with van der Waals surface area (Å²) in [5.41, 5.74) is 0.131. The molecule has 0 aliphatic carbocycles. The molecule has 1 aliphatic rings. The Kier molecular flexibility index (Phi) is 4.60. The maximum atomic E-state index is 12.6. The average molecular weight is 308 g/mol. The van der Waals surface area contributed by atoms with Crippen molar-refractivity contribution in [2.45, 2.75) is 24.2 Å². The predicted octanol–water partition coefficient (Wildman–Crippen LogP) is 1.43. The van der Waals surface area contributed by atoms with Gasteiger partial charge in [-0.2, -0.15) is 9.57 Å². The Bertz CT molecular complexity index is 678. The van der Waals surface area contributed by atoms with Crippen LogP contribution in [0.3, 0.4) is 0 Å². The van der Waals surface area contributed by atoms with Gasteiger partial charge in [-0.1, -0.05) is 12.1 Å². The van der Waals surface area contributed by atoms with Crippen LogP contribution < -0.4 is 0 Å². The first-order chi connectivity index (χ1) is 9.95. The van der Waals surface area contributed by atoms with Crippen LogP contribution in [0.5, 0.6) is 0 Å². The predicted molar refractivity (Wildman–Crippen MR) is 74.9 cm³/mol. The van der Waals surface area contributed by atoms with E-state index in [1.165, 1.54) is 16.4 Å². The Labute approximate surface area is 123 Å². The van der Waals surface area contributed by atoms with Crippen molar-refractivity contribution >= 4 is 16.0 Å². The minimum atomic E-state index is -3.69. The average Bonchev–Trinajstić information content (AvgIpc) is 2.94. The van der Waals surface area contributed by atoms with Crippen LogP contribution in [0, 0.1) is 17.2 Å². The SMILES string of the molecule is N#Cc1ccccc1S(=O)(=O)N1CCC(CCC(=O)O)C1. The lowest BCUT2D eigenvalue weighted by atomic mass is 10.0. The Balaban J connectivity index is 2.15. The second-order valence-electron chi connectivity index (χ2n) is 5.06. The van der Waals surface area contributed by atoms with Gasteiger partial charge in [0.1, 0.15) is 6.07 Å². The number of nitriles is 1. The van der Waals surface area contributed by atoms with Crippen LogP contribution in [0.1, 0.15) is 24.8 Å². The van der Waals surface area contributed by atoms with E-state index in [4.69, 9.17) is 10.4 Å². The molecule has 2 rings (SSSR count). The van der Waals surface area contributed by atoms with E-state index in [-0.39, 0.29) is 22.8 Å². The standard InChI is InChI=1S/C14H16N2O4S/c15-9-12-3-1-2-4-13(12)21(19,20)16-8-7-11(10-16)5-6-14(17)18/h1-4,11H,5-8,10H2,(H,17,18). The number of hydrogen-bond donors (Lipinski definition) is 1. The fourth-order valence-corrected chi connectivity index (χ4v) is 4.17. The van der Waals surface area contributed by atoms with Gasteiger partial charge in [0.15, 0.2) is 0 Å². The van der Waals surface area contributed by atoms with Gasteiger partial charge in [-0.25, -0.2) is 8.42 Å². The highest BCUT2D eigenvalue weighted by atomic mass is 32.2. The van der Waals surface area contributed by atoms with E-state index >= 15 is 0 Å². The maximum absolute atomic E-state index is 12.6. The first kappa shape index (κ1) is 15.5. The maximum Gasteiger partial charge on any atom is 0.303 e. The van der Waals surface area contributed by atoms with E-state index in [1.54, 1.807) is 12.1 Å². The lowest BCUT2D eigenvalue weighted by Crippen LogP contribution is -2.29. The largest absolute Gasteiger partial charge is 0.481 e. The van der Waals surface area contributed by atoms with Crippen LogP contribution in [0.2, 0.25) is 0 Å². The normalized spacial score (nSPS) is 19.3. The third-order valence-electron chi connectivity index (χ3n) is 3.64. The molecular formula is C14H16N2O4S. The minimum Gasteiger partial charge on any atom is -0.481 e. The fraction of sp³-hybridized carbons (Fsp3) is 0.429. The van der Waals surface area contributed by atoms with Gasteiger partial charge in [-0.3, -0.25) is 4.79 Å². The Morgan fingerprint density at radius 3 is 2.81 bits per heavy atom. The van der Waals surface area contributed by atoms with Crippen molar-refractivity contribution in [3.05, 3.63) is 29.8 Å². The molecule has 1 aliphatic heterocycles. The van der Waals surface area contributed by atoms with Crippen LogP contribution in [0.15, 0.2) is 29.2 Å². The third-order valence-corrected chi connectivity index (χ3v) is 5.56. The summed E-state index contributed by atoms with van der Waals surface area (Å²) in [4.78, 5) is 10.6. The summed E-state index contributed by atoms with van der Waals surface area (Å²) in [6, 6.07) is 8.01. The molecule has 1 N–H and O–H groups in total. The Hall–Kier alpha value is -1.91. The zero-order valence-corrected chi connectivity index (χ0v) is 12.2. The van der Waals surface area contributed by atoms with E-state index in [1.807, 2.05) is 6.07 Å². The van der Waals surface area contributed by atoms with Crippen LogP contribution in [-0.2, 0) is 14.8 Å². The van der Waals surface area contributed by atoms with Crippen molar-refractivity contribution in [2.75, 3.05) is 13.1 Å². The number of aliphatic carboxylic acids is 1. The van der Waals surface area contributed by atoms with Gasteiger partial charge in [0.2, 0.25) is 10.0 Å². The molecule has 1 aromatic carbocycles. The molecule has 21 heavy (non-hydrogen) atoms. The molecule has 112 valence electrons. The van der Waals surface area contributed by atoms with Crippen LogP contribution in [-0.4, -0.2) is 36.9 Å². The van der Waals surface area contributed by atoms with Gasteiger partial charge < -0.3 is 5.11 Å². The quantitative estimate of drug-likeness (QED) is 0.887. The Morgan fingerprint density at radius 1 is 1.43 bits per heavy atom. The lowest BCUT2D eigenvalue weighted by Gasteiger charge is -2.17. The van der Waals surface area contributed by atoms with Crippen LogP contribution in [0.4, 0.5) is 0 Å². The third kappa shape index (κ3) is 3.40. The summed E-state index contributed by atoms with van der Waals surface area (Å²) >= 11 is 0. The molecule has 0 spiro atoms. The van der Waals surface area contributed by atoms with Crippen molar-refractivity contribution in [1.29, 1.82) is 5.26 Å². The molecule has 0 radical (unpaired) electrons. The van der Waals surface area contributed by atoms with Gasteiger partial charge in [0.05, 0.1) is 10.5 Å². The number of carboxylic acid groups (broad SMARTS) is 1. The molecule has 0 saturated carbocycles. The molecule has 1 heterocycles. The summed E-state index contributed by atoms with van der Waals surface area (Å²) in [5.74, 6) is -0.809. The summed E-state index contributed by atoms with van der Waals surface area (Å²) in [7, 11) is -3.69. The van der Waals surface area contributed by atoms with E-state index in [2.05, 4.69) is 0 Å². The summed E-state index contributed by atoms with van der Waals surface area (Å²) in [5, 5.41) is 17.7. The molecule has 0 bridgehead atoms. The first-order valence-corrected chi connectivity index (χ1v) is 8.10. The second-order valence-corrected chi connectivity index (χ2v) is 6.96. The highest BCUT2D eigenvalue weighted by Gasteiger charge is 2.33. The highest BCUT2D eigenvalue weighted by molar-refractivity contribution is 7.89. The summed E-state index contributed by atoms with van der Waals surface area (Å²) < 4.78 is 26.5. The molecule has 1 fully saturated rings. The lowest BCUT2D eigenvalue weighted by molar-refractivity contribution is -0.137. The molecule has 6 nitrogen and oxygen atoms in total. The van der Waals surface area contributed by atoms with E-state index in [9.17, 15) is 13.2 Å². The molecular weight excluding hydrogens is 292 g/mol. The number of benzene rings is 1. The monoisotopic (exact) mass is 308 g/mol. The molecule has 0 amide bonds. The van der Waals surface area contributed by atoms with Gasteiger partial charge in [0, 0.05) is 19.5 Å². The topological polar surface area (TPSA) is 98.5 Å². The van der Waals surface area contributed by atoms with Gasteiger partial charge in [-0.05, 0) is 30.9 Å². The molecule has 7 heteroatoms. The van der Waals surface area contributed by atoms with Crippen molar-refractivity contribution in [1.82, 2.24) is 4.31 Å². The van der Waals surface area contributed by atoms with Crippen molar-refractivity contribution in [2.24, 2.45) is 5.92 Å². The van der Waals surface area contributed by atoms with E-state index in [0.29, 0.717) is 25.9 Å². The molecule has 1 saturated heterocycles. The van der Waals surface area contributed by atoms with Crippen LogP contribution in [0.25, 0.3) is 0 Å². The van der Waals surface area contributed by atoms with Gasteiger partial charge in [0.25, 0.3) is 0 Å². The molecule has 1 atom stereocenters. The minimum absolute atomic E-state index is 0.0198. The molecule has 0 aromatic heterocycles. The van der Waals surface area contributed by atoms with Crippen molar-refractivity contribution in [3.8, 4) is 6.07 Å². The van der Waals surface area contributed by atoms with Crippen LogP contribution >= 0.6 is 0 Å².